The summed E-state index contributed by atoms with van der Waals surface area (Å²) in [5, 5.41) is -0.166. The van der Waals surface area contributed by atoms with Gasteiger partial charge in [-0.2, -0.15) is 4.98 Å². The summed E-state index contributed by atoms with van der Waals surface area (Å²) >= 11 is 0. The zero-order chi connectivity index (χ0) is 11.1. The topological polar surface area (TPSA) is 89.1 Å². The van der Waals surface area contributed by atoms with Crippen LogP contribution in [0.1, 0.15) is 11.3 Å². The number of sulfone groups is 1. The molecular formula is C8H10N2O4S. The third-order valence-corrected chi connectivity index (χ3v) is 3.22. The molecule has 15 heavy (non-hydrogen) atoms. The summed E-state index contributed by atoms with van der Waals surface area (Å²) in [4.78, 5) is 17.1. The van der Waals surface area contributed by atoms with E-state index >= 15 is 0 Å². The first-order valence-electron chi connectivity index (χ1n) is 4.38. The van der Waals surface area contributed by atoms with Crippen LogP contribution in [0.2, 0.25) is 0 Å². The summed E-state index contributed by atoms with van der Waals surface area (Å²) in [6, 6.07) is 0. The number of rotatable bonds is 1. The minimum atomic E-state index is -3.48. The molecular weight excluding hydrogens is 220 g/mol. The van der Waals surface area contributed by atoms with E-state index in [2.05, 4.69) is 9.97 Å². The van der Waals surface area contributed by atoms with Gasteiger partial charge in [-0.15, -0.1) is 0 Å². The van der Waals surface area contributed by atoms with E-state index in [9.17, 15) is 13.2 Å². The van der Waals surface area contributed by atoms with Crippen molar-refractivity contribution in [3.05, 3.63) is 21.7 Å². The summed E-state index contributed by atoms with van der Waals surface area (Å²) in [7, 11) is -3.48. The highest BCUT2D eigenvalue weighted by atomic mass is 32.2. The fraction of sp³-hybridized carbons (Fsp3) is 0.500. The van der Waals surface area contributed by atoms with Gasteiger partial charge in [0.15, 0.2) is 14.9 Å². The van der Waals surface area contributed by atoms with Crippen LogP contribution in [0, 0.1) is 0 Å². The zero-order valence-corrected chi connectivity index (χ0v) is 8.93. The number of nitrogens with one attached hydrogen (secondary N) is 1. The van der Waals surface area contributed by atoms with Gasteiger partial charge in [-0.3, -0.25) is 0 Å². The van der Waals surface area contributed by atoms with Crippen LogP contribution in [-0.4, -0.2) is 31.2 Å². The Labute approximate surface area is 86.2 Å². The second-order valence-corrected chi connectivity index (χ2v) is 5.31. The molecule has 1 aromatic rings. The molecule has 0 aliphatic carbocycles. The van der Waals surface area contributed by atoms with Crippen LogP contribution in [0.5, 0.6) is 0 Å². The molecule has 1 N–H and O–H groups in total. The maximum atomic E-state index is 11.4. The predicted molar refractivity (Wildman–Crippen MR) is 51.3 cm³/mol. The monoisotopic (exact) mass is 230 g/mol. The summed E-state index contributed by atoms with van der Waals surface area (Å²) in [5.74, 6) is 0. The van der Waals surface area contributed by atoms with E-state index in [4.69, 9.17) is 4.74 Å². The number of nitrogens with zero attached hydrogens (tertiary/aromatic N) is 1. The van der Waals surface area contributed by atoms with Crippen molar-refractivity contribution >= 4 is 9.84 Å². The van der Waals surface area contributed by atoms with Crippen LogP contribution >= 0.6 is 0 Å². The molecule has 0 radical (unpaired) electrons. The number of hydrogen-bond donors (Lipinski definition) is 1. The van der Waals surface area contributed by atoms with Crippen LogP contribution in [0.3, 0.4) is 0 Å². The highest BCUT2D eigenvalue weighted by Crippen LogP contribution is 2.19. The summed E-state index contributed by atoms with van der Waals surface area (Å²) < 4.78 is 27.9. The molecule has 2 heterocycles. The number of aromatic nitrogens is 2. The third kappa shape index (κ3) is 1.93. The maximum absolute atomic E-state index is 11.4. The van der Waals surface area contributed by atoms with Gasteiger partial charge in [0, 0.05) is 23.9 Å². The lowest BCUT2D eigenvalue weighted by molar-refractivity contribution is 0.106. The minimum Gasteiger partial charge on any atom is -0.376 e. The van der Waals surface area contributed by atoms with E-state index in [1.807, 2.05) is 0 Å². The Kier molecular flexibility index (Phi) is 2.35. The second kappa shape index (κ2) is 3.42. The molecule has 1 aliphatic rings. The van der Waals surface area contributed by atoms with Crippen molar-refractivity contribution < 1.29 is 13.2 Å². The molecule has 1 aliphatic heterocycles. The molecule has 2 rings (SSSR count). The van der Waals surface area contributed by atoms with Gasteiger partial charge in [-0.05, 0) is 0 Å². The Balaban J connectivity index is 2.74. The largest absolute Gasteiger partial charge is 0.376 e. The average molecular weight is 230 g/mol. The van der Waals surface area contributed by atoms with Gasteiger partial charge >= 0.3 is 5.69 Å². The van der Waals surface area contributed by atoms with E-state index in [1.165, 1.54) is 0 Å². The first kappa shape index (κ1) is 10.3. The average Bonchev–Trinajstić information content (AvgIpc) is 2.15. The quantitative estimate of drug-likeness (QED) is 0.641. The van der Waals surface area contributed by atoms with Crippen LogP contribution in [0.25, 0.3) is 0 Å². The van der Waals surface area contributed by atoms with Crippen molar-refractivity contribution in [2.45, 2.75) is 18.1 Å². The Morgan fingerprint density at radius 2 is 2.20 bits per heavy atom. The van der Waals surface area contributed by atoms with Crippen molar-refractivity contribution in [2.75, 3.05) is 12.9 Å². The normalized spacial score (nSPS) is 16.1. The van der Waals surface area contributed by atoms with Crippen molar-refractivity contribution in [1.82, 2.24) is 9.97 Å². The molecule has 0 unspecified atom stereocenters. The molecule has 0 aromatic carbocycles. The van der Waals surface area contributed by atoms with Crippen molar-refractivity contribution in [3.63, 3.8) is 0 Å². The number of H-pyrrole nitrogens is 1. The molecule has 0 bridgehead atoms. The smallest absolute Gasteiger partial charge is 0.346 e. The highest BCUT2D eigenvalue weighted by Gasteiger charge is 2.22. The molecule has 0 spiro atoms. The van der Waals surface area contributed by atoms with Crippen LogP contribution in [0.4, 0.5) is 0 Å². The van der Waals surface area contributed by atoms with Crippen molar-refractivity contribution in [1.29, 1.82) is 0 Å². The van der Waals surface area contributed by atoms with Gasteiger partial charge in [0.2, 0.25) is 0 Å². The SMILES string of the molecule is CS(=O)(=O)c1nc(=O)[nH]c2c1COCC2. The van der Waals surface area contributed by atoms with E-state index in [-0.39, 0.29) is 11.6 Å². The standard InChI is InChI=1S/C8H10N2O4S/c1-15(12,13)7-5-4-14-3-2-6(5)9-8(11)10-7/h2-4H2,1H3,(H,9,10,11). The molecule has 0 saturated carbocycles. The van der Waals surface area contributed by atoms with Crippen LogP contribution in [-0.2, 0) is 27.6 Å². The first-order valence-corrected chi connectivity index (χ1v) is 6.27. The molecule has 6 nitrogen and oxygen atoms in total. The fourth-order valence-electron chi connectivity index (χ4n) is 1.54. The molecule has 0 atom stereocenters. The number of fused-ring (bicyclic) bond motifs is 1. The Morgan fingerprint density at radius 3 is 2.87 bits per heavy atom. The van der Waals surface area contributed by atoms with Crippen molar-refractivity contribution in [3.8, 4) is 0 Å². The van der Waals surface area contributed by atoms with E-state index in [0.717, 1.165) is 6.26 Å². The zero-order valence-electron chi connectivity index (χ0n) is 8.11. The number of ether oxygens (including phenoxy) is 1. The van der Waals surface area contributed by atoms with Crippen LogP contribution < -0.4 is 5.69 Å². The lowest BCUT2D eigenvalue weighted by Gasteiger charge is -2.17. The lowest BCUT2D eigenvalue weighted by Crippen LogP contribution is -2.25. The molecule has 82 valence electrons. The van der Waals surface area contributed by atoms with Gasteiger partial charge in [-0.1, -0.05) is 0 Å². The Bertz CT molecular complexity index is 546. The third-order valence-electron chi connectivity index (χ3n) is 2.18. The molecule has 7 heteroatoms. The van der Waals surface area contributed by atoms with E-state index < -0.39 is 15.5 Å². The van der Waals surface area contributed by atoms with Crippen LogP contribution in [0.15, 0.2) is 9.82 Å². The van der Waals surface area contributed by atoms with E-state index in [1.54, 1.807) is 0 Å². The number of hydrogen-bond acceptors (Lipinski definition) is 5. The molecule has 0 amide bonds. The summed E-state index contributed by atoms with van der Waals surface area (Å²) in [5.41, 5.74) is 0.459. The number of aromatic amines is 1. The molecule has 0 saturated heterocycles. The van der Waals surface area contributed by atoms with Gasteiger partial charge in [0.1, 0.15) is 0 Å². The molecule has 0 fully saturated rings. The van der Waals surface area contributed by atoms with Gasteiger partial charge in [0.05, 0.1) is 13.2 Å². The Morgan fingerprint density at radius 1 is 1.47 bits per heavy atom. The minimum absolute atomic E-state index is 0.166. The Hall–Kier alpha value is -1.21. The first-order chi connectivity index (χ1) is 6.98. The van der Waals surface area contributed by atoms with E-state index in [0.29, 0.717) is 24.3 Å². The van der Waals surface area contributed by atoms with Crippen molar-refractivity contribution in [2.24, 2.45) is 0 Å². The lowest BCUT2D eigenvalue weighted by atomic mass is 10.1. The fourth-order valence-corrected chi connectivity index (χ4v) is 2.42. The maximum Gasteiger partial charge on any atom is 0.346 e. The molecule has 1 aromatic heterocycles. The van der Waals surface area contributed by atoms with Gasteiger partial charge < -0.3 is 9.72 Å². The van der Waals surface area contributed by atoms with Gasteiger partial charge in [-0.25, -0.2) is 13.2 Å². The highest BCUT2D eigenvalue weighted by molar-refractivity contribution is 7.90. The summed E-state index contributed by atoms with van der Waals surface area (Å²) in [6.45, 7) is 0.664. The summed E-state index contributed by atoms with van der Waals surface area (Å²) in [6.07, 6.45) is 1.54. The predicted octanol–water partition coefficient (Wildman–Crippen LogP) is -0.754. The second-order valence-electron chi connectivity index (χ2n) is 3.38. The van der Waals surface area contributed by atoms with Gasteiger partial charge in [0.25, 0.3) is 0 Å².